The lowest BCUT2D eigenvalue weighted by molar-refractivity contribution is -0.116. The topological polar surface area (TPSA) is 87.3 Å². The Morgan fingerprint density at radius 2 is 1.50 bits per heavy atom. The Labute approximate surface area is 165 Å². The minimum Gasteiger partial charge on any atom is -0.334 e. The summed E-state index contributed by atoms with van der Waals surface area (Å²) in [6.07, 6.45) is 2.77. The number of amides is 3. The maximum atomic E-state index is 12.2. The predicted octanol–water partition coefficient (Wildman–Crippen LogP) is 4.16. The number of hydrogen-bond donors (Lipinski definition) is 3. The van der Waals surface area contributed by atoms with Gasteiger partial charge in [0, 0.05) is 36.3 Å². The van der Waals surface area contributed by atoms with Gasteiger partial charge in [0.25, 0.3) is 0 Å². The molecule has 2 aromatic carbocycles. The molecule has 6 heteroatoms. The van der Waals surface area contributed by atoms with Crippen molar-refractivity contribution in [2.45, 2.75) is 26.2 Å². The Hall–Kier alpha value is -3.41. The largest absolute Gasteiger partial charge is 0.334 e. The maximum Gasteiger partial charge on any atom is 0.319 e. The van der Waals surface area contributed by atoms with Crippen LogP contribution in [0.3, 0.4) is 0 Å². The molecule has 6 nitrogen and oxygen atoms in total. The van der Waals surface area contributed by atoms with Gasteiger partial charge in [0.1, 0.15) is 0 Å². The van der Waals surface area contributed by atoms with E-state index in [1.807, 2.05) is 12.1 Å². The minimum atomic E-state index is -0.331. The van der Waals surface area contributed by atoms with Gasteiger partial charge in [-0.3, -0.25) is 9.59 Å². The van der Waals surface area contributed by atoms with E-state index in [1.54, 1.807) is 42.5 Å². The molecule has 0 heterocycles. The van der Waals surface area contributed by atoms with Crippen molar-refractivity contribution in [3.63, 3.8) is 0 Å². The van der Waals surface area contributed by atoms with Gasteiger partial charge in [-0.25, -0.2) is 4.79 Å². The number of urea groups is 1. The lowest BCUT2D eigenvalue weighted by Crippen LogP contribution is -2.28. The molecule has 28 heavy (non-hydrogen) atoms. The molecule has 3 amide bonds. The number of nitrogens with one attached hydrogen (secondary N) is 3. The van der Waals surface area contributed by atoms with Crippen LogP contribution >= 0.6 is 0 Å². The lowest BCUT2D eigenvalue weighted by atomic mass is 10.0. The van der Waals surface area contributed by atoms with Crippen molar-refractivity contribution in [1.82, 2.24) is 5.32 Å². The van der Waals surface area contributed by atoms with Gasteiger partial charge in [-0.1, -0.05) is 37.3 Å². The number of aryl methyl sites for hydroxylation is 1. The van der Waals surface area contributed by atoms with E-state index in [0.29, 0.717) is 23.5 Å². The van der Waals surface area contributed by atoms with Gasteiger partial charge < -0.3 is 16.0 Å². The lowest BCUT2D eigenvalue weighted by Gasteiger charge is -2.08. The molecule has 0 bridgehead atoms. The van der Waals surface area contributed by atoms with Crippen molar-refractivity contribution in [3.05, 3.63) is 72.3 Å². The molecule has 146 valence electrons. The second kappa shape index (κ2) is 10.7. The third-order valence-corrected chi connectivity index (χ3v) is 4.10. The summed E-state index contributed by atoms with van der Waals surface area (Å²) in [5.74, 6) is -0.286. The molecule has 0 aromatic heterocycles. The van der Waals surface area contributed by atoms with Crippen molar-refractivity contribution in [2.75, 3.05) is 17.2 Å². The molecule has 0 aliphatic heterocycles. The summed E-state index contributed by atoms with van der Waals surface area (Å²) in [5.41, 5.74) is 2.99. The van der Waals surface area contributed by atoms with Crippen LogP contribution in [-0.4, -0.2) is 24.3 Å². The fourth-order valence-electron chi connectivity index (χ4n) is 2.50. The molecule has 0 spiro atoms. The molecule has 3 N–H and O–H groups in total. The molecule has 0 fully saturated rings. The van der Waals surface area contributed by atoms with E-state index in [4.69, 9.17) is 0 Å². The quantitative estimate of drug-likeness (QED) is 0.452. The van der Waals surface area contributed by atoms with Crippen LogP contribution in [0, 0.1) is 0 Å². The standard InChI is InChI=1S/C22H25N3O3/c1-3-15-23-22(28)25-19-11-9-18(10-12-19)24-21(27)14-13-20(26)17-7-5-16(4-2)6-8-17/h3,5-12H,1,4,13-15H2,2H3,(H,24,27)(H2,23,25,28). The Balaban J connectivity index is 1.79. The molecule has 2 aromatic rings. The summed E-state index contributed by atoms with van der Waals surface area (Å²) in [7, 11) is 0. The Morgan fingerprint density at radius 3 is 2.07 bits per heavy atom. The highest BCUT2D eigenvalue weighted by Gasteiger charge is 2.10. The molecule has 0 aliphatic carbocycles. The second-order valence-corrected chi connectivity index (χ2v) is 6.22. The van der Waals surface area contributed by atoms with Crippen molar-refractivity contribution in [2.24, 2.45) is 0 Å². The van der Waals surface area contributed by atoms with E-state index >= 15 is 0 Å². The summed E-state index contributed by atoms with van der Waals surface area (Å²) in [4.78, 5) is 35.8. The Morgan fingerprint density at radius 1 is 0.893 bits per heavy atom. The van der Waals surface area contributed by atoms with Crippen LogP contribution in [0.1, 0.15) is 35.7 Å². The minimum absolute atomic E-state index is 0.0529. The first-order valence-electron chi connectivity index (χ1n) is 9.19. The normalized spacial score (nSPS) is 10.0. The van der Waals surface area contributed by atoms with Crippen LogP contribution in [0.5, 0.6) is 0 Å². The molecular weight excluding hydrogens is 354 g/mol. The van der Waals surface area contributed by atoms with Gasteiger partial charge in [-0.05, 0) is 36.2 Å². The van der Waals surface area contributed by atoms with E-state index in [-0.39, 0.29) is 30.6 Å². The summed E-state index contributed by atoms with van der Waals surface area (Å²) in [6, 6.07) is 13.9. The van der Waals surface area contributed by atoms with E-state index in [2.05, 4.69) is 29.5 Å². The van der Waals surface area contributed by atoms with Crippen LogP contribution in [0.4, 0.5) is 16.2 Å². The number of rotatable bonds is 9. The van der Waals surface area contributed by atoms with Crippen molar-refractivity contribution in [1.29, 1.82) is 0 Å². The van der Waals surface area contributed by atoms with Gasteiger partial charge in [0.05, 0.1) is 0 Å². The first-order chi connectivity index (χ1) is 13.5. The van der Waals surface area contributed by atoms with Crippen LogP contribution in [0.25, 0.3) is 0 Å². The summed E-state index contributed by atoms with van der Waals surface area (Å²) < 4.78 is 0. The van der Waals surface area contributed by atoms with Crippen LogP contribution in [0.2, 0.25) is 0 Å². The summed E-state index contributed by atoms with van der Waals surface area (Å²) in [6.45, 7) is 5.96. The third-order valence-electron chi connectivity index (χ3n) is 4.10. The predicted molar refractivity (Wildman–Crippen MR) is 112 cm³/mol. The van der Waals surface area contributed by atoms with E-state index in [0.717, 1.165) is 6.42 Å². The Bertz CT molecular complexity index is 827. The second-order valence-electron chi connectivity index (χ2n) is 6.22. The molecule has 2 rings (SSSR count). The zero-order valence-corrected chi connectivity index (χ0v) is 16.0. The molecule has 0 aliphatic rings. The average molecular weight is 379 g/mol. The van der Waals surface area contributed by atoms with Crippen molar-refractivity contribution < 1.29 is 14.4 Å². The van der Waals surface area contributed by atoms with Gasteiger partial charge in [0.15, 0.2) is 5.78 Å². The highest BCUT2D eigenvalue weighted by Crippen LogP contribution is 2.14. The van der Waals surface area contributed by atoms with Crippen molar-refractivity contribution >= 4 is 29.1 Å². The zero-order chi connectivity index (χ0) is 20.4. The smallest absolute Gasteiger partial charge is 0.319 e. The molecule has 0 saturated carbocycles. The number of carbonyl (C=O) groups excluding carboxylic acids is 3. The van der Waals surface area contributed by atoms with Crippen LogP contribution in [0.15, 0.2) is 61.2 Å². The molecule has 0 saturated heterocycles. The fourth-order valence-corrected chi connectivity index (χ4v) is 2.50. The number of anilines is 2. The first-order valence-corrected chi connectivity index (χ1v) is 9.19. The van der Waals surface area contributed by atoms with Crippen LogP contribution in [-0.2, 0) is 11.2 Å². The van der Waals surface area contributed by atoms with E-state index in [1.165, 1.54) is 5.56 Å². The van der Waals surface area contributed by atoms with Gasteiger partial charge in [0.2, 0.25) is 5.91 Å². The number of benzene rings is 2. The van der Waals surface area contributed by atoms with Gasteiger partial charge in [-0.15, -0.1) is 6.58 Å². The van der Waals surface area contributed by atoms with Crippen LogP contribution < -0.4 is 16.0 Å². The molecule has 0 radical (unpaired) electrons. The molecule has 0 unspecified atom stereocenters. The van der Waals surface area contributed by atoms with E-state index in [9.17, 15) is 14.4 Å². The third kappa shape index (κ3) is 6.72. The highest BCUT2D eigenvalue weighted by molar-refractivity contribution is 6.00. The first kappa shape index (κ1) is 20.9. The number of ketones is 1. The molecular formula is C22H25N3O3. The Kier molecular flexibility index (Phi) is 7.96. The number of hydrogen-bond acceptors (Lipinski definition) is 3. The summed E-state index contributed by atoms with van der Waals surface area (Å²) >= 11 is 0. The number of Topliss-reactive ketones (excluding diaryl/α,β-unsaturated/α-hetero) is 1. The van der Waals surface area contributed by atoms with E-state index < -0.39 is 0 Å². The zero-order valence-electron chi connectivity index (χ0n) is 16.0. The fraction of sp³-hybridized carbons (Fsp3) is 0.227. The van der Waals surface area contributed by atoms with Gasteiger partial charge >= 0.3 is 6.03 Å². The molecule has 0 atom stereocenters. The van der Waals surface area contributed by atoms with Gasteiger partial charge in [-0.2, -0.15) is 0 Å². The average Bonchev–Trinajstić information content (AvgIpc) is 2.72. The number of carbonyl (C=O) groups is 3. The monoisotopic (exact) mass is 379 g/mol. The SMILES string of the molecule is C=CCNC(=O)Nc1ccc(NC(=O)CCC(=O)c2ccc(CC)cc2)cc1. The highest BCUT2D eigenvalue weighted by atomic mass is 16.2. The maximum absolute atomic E-state index is 12.2. The summed E-state index contributed by atoms with van der Waals surface area (Å²) in [5, 5.41) is 8.02. The van der Waals surface area contributed by atoms with Crippen molar-refractivity contribution in [3.8, 4) is 0 Å².